The third kappa shape index (κ3) is 5.20. The van der Waals surface area contributed by atoms with Crippen molar-refractivity contribution in [3.63, 3.8) is 0 Å². The Bertz CT molecular complexity index is 1250. The molecule has 1 unspecified atom stereocenters. The standard InChI is InChI=1S/C28H32N4O3S/c1-17-6-3-7-18(2)25(17)23-13-24(35-16-22(29)20-14-28(15-20)10-5-11-28)31-27(30-23)32-36-21-9-4-8-19(12-21)26(33)34/h3-4,6-9,12-13,20,22H,5,10-11,14-16,29H2,1-2H3,(H,33,34)(H,30,31,32). The summed E-state index contributed by atoms with van der Waals surface area (Å²) in [6.07, 6.45) is 6.49. The number of aryl methyl sites for hydroxylation is 2. The maximum Gasteiger partial charge on any atom is 0.335 e. The number of nitrogens with zero attached hydrogens (tertiary/aromatic N) is 2. The molecule has 7 nitrogen and oxygen atoms in total. The number of nitrogens with two attached hydrogens (primary N) is 1. The first-order valence-corrected chi connectivity index (χ1v) is 13.2. The lowest BCUT2D eigenvalue weighted by Crippen LogP contribution is -2.51. The van der Waals surface area contributed by atoms with E-state index < -0.39 is 5.97 Å². The second kappa shape index (κ2) is 10.1. The van der Waals surface area contributed by atoms with Gasteiger partial charge < -0.3 is 15.6 Å². The van der Waals surface area contributed by atoms with Crippen molar-refractivity contribution in [2.45, 2.75) is 56.9 Å². The number of carboxylic acids is 1. The number of aromatic nitrogens is 2. The molecule has 8 heteroatoms. The van der Waals surface area contributed by atoms with Crippen molar-refractivity contribution in [3.05, 3.63) is 65.2 Å². The molecule has 36 heavy (non-hydrogen) atoms. The van der Waals surface area contributed by atoms with Crippen LogP contribution in [0.15, 0.2) is 53.4 Å². The van der Waals surface area contributed by atoms with E-state index >= 15 is 0 Å². The first-order valence-electron chi connectivity index (χ1n) is 12.4. The summed E-state index contributed by atoms with van der Waals surface area (Å²) in [5.74, 6) is 0.409. The van der Waals surface area contributed by atoms with Crippen LogP contribution in [0.2, 0.25) is 0 Å². The van der Waals surface area contributed by atoms with Crippen LogP contribution in [-0.4, -0.2) is 33.7 Å². The molecule has 2 fully saturated rings. The number of anilines is 1. The summed E-state index contributed by atoms with van der Waals surface area (Å²) >= 11 is 1.26. The fraction of sp³-hybridized carbons (Fsp3) is 0.393. The van der Waals surface area contributed by atoms with Crippen LogP contribution < -0.4 is 15.2 Å². The van der Waals surface area contributed by atoms with Crippen molar-refractivity contribution in [2.24, 2.45) is 17.1 Å². The van der Waals surface area contributed by atoms with E-state index in [4.69, 9.17) is 15.5 Å². The molecule has 1 atom stereocenters. The summed E-state index contributed by atoms with van der Waals surface area (Å²) in [5, 5.41) is 9.28. The molecule has 2 saturated carbocycles. The van der Waals surface area contributed by atoms with Crippen molar-refractivity contribution >= 4 is 23.9 Å². The number of carboxylic acid groups (broad SMARTS) is 1. The lowest BCUT2D eigenvalue weighted by molar-refractivity contribution is -0.0402. The van der Waals surface area contributed by atoms with Gasteiger partial charge in [0, 0.05) is 22.6 Å². The van der Waals surface area contributed by atoms with Crippen LogP contribution in [0.5, 0.6) is 5.88 Å². The summed E-state index contributed by atoms with van der Waals surface area (Å²) in [6, 6.07) is 14.7. The van der Waals surface area contributed by atoms with Crippen LogP contribution >= 0.6 is 11.9 Å². The normalized spacial score (nSPS) is 17.2. The van der Waals surface area contributed by atoms with E-state index in [1.807, 2.05) is 18.2 Å². The van der Waals surface area contributed by atoms with Crippen LogP contribution in [0.25, 0.3) is 11.3 Å². The number of hydrogen-bond donors (Lipinski definition) is 3. The van der Waals surface area contributed by atoms with E-state index in [1.165, 1.54) is 44.1 Å². The molecule has 5 rings (SSSR count). The molecule has 3 aromatic rings. The number of carbonyl (C=O) groups is 1. The Morgan fingerprint density at radius 3 is 2.56 bits per heavy atom. The lowest BCUT2D eigenvalue weighted by atomic mass is 9.50. The van der Waals surface area contributed by atoms with Crippen molar-refractivity contribution in [1.82, 2.24) is 9.97 Å². The van der Waals surface area contributed by atoms with E-state index in [1.54, 1.807) is 18.2 Å². The van der Waals surface area contributed by atoms with Crippen molar-refractivity contribution in [2.75, 3.05) is 11.3 Å². The van der Waals surface area contributed by atoms with Gasteiger partial charge in [0.25, 0.3) is 0 Å². The smallest absolute Gasteiger partial charge is 0.335 e. The van der Waals surface area contributed by atoms with Gasteiger partial charge in [-0.25, -0.2) is 9.78 Å². The van der Waals surface area contributed by atoms with Gasteiger partial charge in [-0.1, -0.05) is 30.7 Å². The molecule has 0 radical (unpaired) electrons. The highest BCUT2D eigenvalue weighted by Crippen LogP contribution is 2.59. The van der Waals surface area contributed by atoms with Gasteiger partial charge >= 0.3 is 5.97 Å². The predicted octanol–water partition coefficient (Wildman–Crippen LogP) is 5.86. The van der Waals surface area contributed by atoms with Crippen LogP contribution in [-0.2, 0) is 0 Å². The number of aromatic carboxylic acids is 1. The molecular weight excluding hydrogens is 472 g/mol. The van der Waals surface area contributed by atoms with E-state index in [9.17, 15) is 9.90 Å². The van der Waals surface area contributed by atoms with Gasteiger partial charge in [0.05, 0.1) is 11.3 Å². The average Bonchev–Trinajstić information content (AvgIpc) is 2.80. The van der Waals surface area contributed by atoms with Gasteiger partial charge in [-0.15, -0.1) is 0 Å². The minimum absolute atomic E-state index is 0.0145. The van der Waals surface area contributed by atoms with Crippen LogP contribution in [0.4, 0.5) is 5.95 Å². The molecule has 1 spiro atoms. The zero-order valence-electron chi connectivity index (χ0n) is 20.7. The van der Waals surface area contributed by atoms with Crippen molar-refractivity contribution < 1.29 is 14.6 Å². The molecule has 1 heterocycles. The SMILES string of the molecule is Cc1cccc(C)c1-c1cc(OCC(N)C2CC3(CCC3)C2)nc(NSc2cccc(C(=O)O)c2)n1. The molecule has 2 aromatic carbocycles. The zero-order chi connectivity index (χ0) is 25.3. The quantitative estimate of drug-likeness (QED) is 0.311. The number of ether oxygens (including phenoxy) is 1. The van der Waals surface area contributed by atoms with Gasteiger partial charge in [0.1, 0.15) is 6.61 Å². The van der Waals surface area contributed by atoms with Crippen molar-refractivity contribution in [1.29, 1.82) is 0 Å². The Morgan fingerprint density at radius 2 is 1.89 bits per heavy atom. The fourth-order valence-corrected chi connectivity index (χ4v) is 6.08. The molecule has 188 valence electrons. The highest BCUT2D eigenvalue weighted by atomic mass is 32.2. The van der Waals surface area contributed by atoms with Crippen LogP contribution in [0.3, 0.4) is 0 Å². The Labute approximate surface area is 216 Å². The molecule has 0 amide bonds. The average molecular weight is 505 g/mol. The Balaban J connectivity index is 1.34. The summed E-state index contributed by atoms with van der Waals surface area (Å²) in [5.41, 5.74) is 11.3. The van der Waals surface area contributed by atoms with E-state index in [2.05, 4.69) is 35.7 Å². The Kier molecular flexibility index (Phi) is 6.90. The van der Waals surface area contributed by atoms with Crippen LogP contribution in [0, 0.1) is 25.2 Å². The molecular formula is C28H32N4O3S. The molecule has 0 saturated heterocycles. The Morgan fingerprint density at radius 1 is 1.17 bits per heavy atom. The van der Waals surface area contributed by atoms with Gasteiger partial charge in [-0.2, -0.15) is 4.98 Å². The molecule has 2 aliphatic carbocycles. The molecule has 4 N–H and O–H groups in total. The molecule has 1 aromatic heterocycles. The summed E-state index contributed by atoms with van der Waals surface area (Å²) in [6.45, 7) is 4.54. The first-order chi connectivity index (χ1) is 17.3. The van der Waals surface area contributed by atoms with Gasteiger partial charge in [0.15, 0.2) is 0 Å². The maximum atomic E-state index is 11.3. The third-order valence-electron chi connectivity index (χ3n) is 7.61. The van der Waals surface area contributed by atoms with E-state index in [-0.39, 0.29) is 11.6 Å². The fourth-order valence-electron chi connectivity index (χ4n) is 5.45. The van der Waals surface area contributed by atoms with Gasteiger partial charge in [-0.05, 0) is 92.1 Å². The molecule has 0 bridgehead atoms. The zero-order valence-corrected chi connectivity index (χ0v) is 21.5. The summed E-state index contributed by atoms with van der Waals surface area (Å²) < 4.78 is 9.29. The molecule has 0 aliphatic heterocycles. The molecule has 2 aliphatic rings. The highest BCUT2D eigenvalue weighted by Gasteiger charge is 2.49. The lowest BCUT2D eigenvalue weighted by Gasteiger charge is -2.55. The van der Waals surface area contributed by atoms with E-state index in [0.717, 1.165) is 27.3 Å². The monoisotopic (exact) mass is 504 g/mol. The Hall–Kier alpha value is -3.10. The van der Waals surface area contributed by atoms with Crippen molar-refractivity contribution in [3.8, 4) is 17.1 Å². The van der Waals surface area contributed by atoms with Crippen LogP contribution in [0.1, 0.15) is 53.6 Å². The summed E-state index contributed by atoms with van der Waals surface area (Å²) in [7, 11) is 0. The number of nitrogens with one attached hydrogen (secondary N) is 1. The first kappa shape index (κ1) is 24.6. The van der Waals surface area contributed by atoms with Gasteiger partial charge in [-0.3, -0.25) is 4.72 Å². The second-order valence-electron chi connectivity index (χ2n) is 10.2. The second-order valence-corrected chi connectivity index (χ2v) is 11.1. The number of rotatable bonds is 9. The topological polar surface area (TPSA) is 110 Å². The number of benzene rings is 2. The minimum atomic E-state index is -0.965. The third-order valence-corrected chi connectivity index (χ3v) is 8.39. The minimum Gasteiger partial charge on any atom is -0.478 e. The number of hydrogen-bond acceptors (Lipinski definition) is 7. The van der Waals surface area contributed by atoms with E-state index in [0.29, 0.717) is 29.8 Å². The summed E-state index contributed by atoms with van der Waals surface area (Å²) in [4.78, 5) is 21.4. The predicted molar refractivity (Wildman–Crippen MR) is 142 cm³/mol. The highest BCUT2D eigenvalue weighted by molar-refractivity contribution is 8.00. The van der Waals surface area contributed by atoms with Gasteiger partial charge in [0.2, 0.25) is 11.8 Å². The largest absolute Gasteiger partial charge is 0.478 e. The maximum absolute atomic E-state index is 11.3.